The Morgan fingerprint density at radius 2 is 2.38 bits per heavy atom. The molecule has 0 aliphatic heterocycles. The predicted octanol–water partition coefficient (Wildman–Crippen LogP) is -0.249. The molecule has 0 atom stereocenters. The van der Waals surface area contributed by atoms with Crippen LogP contribution in [-0.4, -0.2) is 19.1 Å². The number of hydrogen-bond donors (Lipinski definition) is 1. The van der Waals surface area contributed by atoms with Gasteiger partial charge in [-0.25, -0.2) is 0 Å². The van der Waals surface area contributed by atoms with E-state index in [0.29, 0.717) is 6.61 Å². The molecule has 1 N–H and O–H groups in total. The zero-order chi connectivity index (χ0) is 6.41. The van der Waals surface area contributed by atoms with Gasteiger partial charge < -0.3 is 15.3 Å². The Labute approximate surface area is 48.8 Å². The smallest absolute Gasteiger partial charge is 0.0741 e. The van der Waals surface area contributed by atoms with E-state index in [2.05, 4.69) is 0 Å². The summed E-state index contributed by atoms with van der Waals surface area (Å²) in [5.74, 6) is -0.654. The highest BCUT2D eigenvalue weighted by Gasteiger charge is 1.80. The molecule has 0 fully saturated rings. The first kappa shape index (κ1) is 7.43. The maximum atomic E-state index is 9.86. The van der Waals surface area contributed by atoms with Crippen LogP contribution in [0.3, 0.4) is 0 Å². The van der Waals surface area contributed by atoms with E-state index in [9.17, 15) is 5.11 Å². The lowest BCUT2D eigenvalue weighted by molar-refractivity contribution is -0.224. The summed E-state index contributed by atoms with van der Waals surface area (Å²) in [6.07, 6.45) is 0.896. The minimum atomic E-state index is -0.654. The van der Waals surface area contributed by atoms with Crippen molar-refractivity contribution >= 4 is 5.90 Å². The van der Waals surface area contributed by atoms with Gasteiger partial charge >= 0.3 is 0 Å². The van der Waals surface area contributed by atoms with Crippen molar-refractivity contribution in [2.75, 3.05) is 13.2 Å². The first-order valence-electron chi connectivity index (χ1n) is 2.59. The van der Waals surface area contributed by atoms with E-state index in [-0.39, 0.29) is 6.61 Å². The quantitative estimate of drug-likeness (QED) is 0.313. The average molecular weight is 116 g/mol. The summed E-state index contributed by atoms with van der Waals surface area (Å²) < 4.78 is 4.71. The molecule has 0 rings (SSSR count). The standard InChI is InChI=1S/C5H11NO2/c1-2-3-8-4-5(6)7/h2-4H2,1H3,(H2,6,7)/p-1. The van der Waals surface area contributed by atoms with Crippen molar-refractivity contribution in [2.24, 2.45) is 0 Å². The van der Waals surface area contributed by atoms with Crippen LogP contribution in [-0.2, 0) is 4.74 Å². The molecule has 3 heteroatoms. The van der Waals surface area contributed by atoms with Gasteiger partial charge in [0.2, 0.25) is 0 Å². The molecule has 0 aromatic rings. The summed E-state index contributed by atoms with van der Waals surface area (Å²) in [5, 5.41) is 16.3. The Morgan fingerprint density at radius 3 is 2.75 bits per heavy atom. The Kier molecular flexibility index (Phi) is 4.26. The van der Waals surface area contributed by atoms with E-state index in [1.807, 2.05) is 6.92 Å². The van der Waals surface area contributed by atoms with Crippen molar-refractivity contribution < 1.29 is 9.84 Å². The monoisotopic (exact) mass is 116 g/mol. The highest BCUT2D eigenvalue weighted by Crippen LogP contribution is 1.77. The highest BCUT2D eigenvalue weighted by molar-refractivity contribution is 5.68. The molecule has 0 aliphatic carbocycles. The molecule has 0 radical (unpaired) electrons. The highest BCUT2D eigenvalue weighted by atomic mass is 16.5. The molecule has 0 aromatic carbocycles. The van der Waals surface area contributed by atoms with E-state index in [1.54, 1.807) is 0 Å². The third-order valence-corrected chi connectivity index (χ3v) is 0.582. The number of hydrogen-bond acceptors (Lipinski definition) is 3. The number of nitrogens with one attached hydrogen (secondary N) is 1. The third-order valence-electron chi connectivity index (χ3n) is 0.582. The van der Waals surface area contributed by atoms with Crippen molar-refractivity contribution in [2.45, 2.75) is 13.3 Å². The van der Waals surface area contributed by atoms with Crippen LogP contribution in [0, 0.1) is 5.41 Å². The molecule has 0 spiro atoms. The van der Waals surface area contributed by atoms with Crippen LogP contribution >= 0.6 is 0 Å². The van der Waals surface area contributed by atoms with E-state index in [1.165, 1.54) is 0 Å². The Balaban J connectivity index is 2.82. The van der Waals surface area contributed by atoms with Gasteiger partial charge in [0.25, 0.3) is 0 Å². The Bertz CT molecular complexity index is 72.8. The van der Waals surface area contributed by atoms with Gasteiger partial charge in [0.1, 0.15) is 0 Å². The van der Waals surface area contributed by atoms with Crippen LogP contribution in [0.4, 0.5) is 0 Å². The molecule has 0 aliphatic rings. The van der Waals surface area contributed by atoms with Crippen LogP contribution in [0.5, 0.6) is 0 Å². The number of rotatable bonds is 4. The molecular formula is C5H10NO2-. The van der Waals surface area contributed by atoms with Gasteiger partial charge in [0.05, 0.1) is 6.61 Å². The summed E-state index contributed by atoms with van der Waals surface area (Å²) >= 11 is 0. The van der Waals surface area contributed by atoms with E-state index < -0.39 is 5.90 Å². The fraction of sp³-hybridized carbons (Fsp3) is 0.800. The third kappa shape index (κ3) is 5.43. The predicted molar refractivity (Wildman–Crippen MR) is 28.8 cm³/mol. The topological polar surface area (TPSA) is 56.1 Å². The fourth-order valence-electron chi connectivity index (χ4n) is 0.309. The second-order valence-electron chi connectivity index (χ2n) is 1.48. The minimum Gasteiger partial charge on any atom is -0.861 e. The summed E-state index contributed by atoms with van der Waals surface area (Å²) in [4.78, 5) is 0. The second-order valence-corrected chi connectivity index (χ2v) is 1.48. The fourth-order valence-corrected chi connectivity index (χ4v) is 0.309. The van der Waals surface area contributed by atoms with Crippen molar-refractivity contribution in [3.05, 3.63) is 0 Å². The van der Waals surface area contributed by atoms with Crippen LogP contribution in [0.15, 0.2) is 0 Å². The molecular weight excluding hydrogens is 106 g/mol. The Morgan fingerprint density at radius 1 is 1.75 bits per heavy atom. The first-order chi connectivity index (χ1) is 3.77. The minimum absolute atomic E-state index is 0.0617. The van der Waals surface area contributed by atoms with Crippen LogP contribution in [0.2, 0.25) is 0 Å². The van der Waals surface area contributed by atoms with Gasteiger partial charge in [-0.1, -0.05) is 6.92 Å². The number of ether oxygens (including phenoxy) is 1. The van der Waals surface area contributed by atoms with Crippen molar-refractivity contribution in [1.29, 1.82) is 5.41 Å². The van der Waals surface area contributed by atoms with Gasteiger partial charge in [0, 0.05) is 6.61 Å². The van der Waals surface area contributed by atoms with Gasteiger partial charge in [0.15, 0.2) is 0 Å². The maximum Gasteiger partial charge on any atom is 0.0741 e. The first-order valence-corrected chi connectivity index (χ1v) is 2.59. The lowest BCUT2D eigenvalue weighted by Crippen LogP contribution is -2.22. The zero-order valence-corrected chi connectivity index (χ0v) is 4.94. The molecule has 48 valence electrons. The molecule has 0 heterocycles. The lowest BCUT2D eigenvalue weighted by Gasteiger charge is -2.05. The molecule has 0 amide bonds. The second kappa shape index (κ2) is 4.59. The molecule has 0 unspecified atom stereocenters. The van der Waals surface area contributed by atoms with Crippen LogP contribution < -0.4 is 5.11 Å². The van der Waals surface area contributed by atoms with Gasteiger partial charge in [-0.3, -0.25) is 0 Å². The summed E-state index contributed by atoms with van der Waals surface area (Å²) in [5.41, 5.74) is 0. The molecule has 8 heavy (non-hydrogen) atoms. The van der Waals surface area contributed by atoms with Gasteiger partial charge in [-0.2, -0.15) is 0 Å². The van der Waals surface area contributed by atoms with Crippen molar-refractivity contribution in [3.8, 4) is 0 Å². The van der Waals surface area contributed by atoms with Crippen LogP contribution in [0.25, 0.3) is 0 Å². The van der Waals surface area contributed by atoms with E-state index >= 15 is 0 Å². The largest absolute Gasteiger partial charge is 0.861 e. The Hall–Kier alpha value is -0.570. The zero-order valence-electron chi connectivity index (χ0n) is 4.94. The maximum absolute atomic E-state index is 9.86. The normalized spacial score (nSPS) is 9.12. The summed E-state index contributed by atoms with van der Waals surface area (Å²) in [6.45, 7) is 2.47. The van der Waals surface area contributed by atoms with Crippen molar-refractivity contribution in [1.82, 2.24) is 0 Å². The van der Waals surface area contributed by atoms with E-state index in [4.69, 9.17) is 10.1 Å². The van der Waals surface area contributed by atoms with Crippen molar-refractivity contribution in [3.63, 3.8) is 0 Å². The van der Waals surface area contributed by atoms with E-state index in [0.717, 1.165) is 6.42 Å². The van der Waals surface area contributed by atoms with Gasteiger partial charge in [-0.15, -0.1) is 0 Å². The van der Waals surface area contributed by atoms with Crippen LogP contribution in [0.1, 0.15) is 13.3 Å². The molecule has 0 bridgehead atoms. The average Bonchev–Trinajstić information content (AvgIpc) is 1.66. The molecule has 0 saturated carbocycles. The van der Waals surface area contributed by atoms with Gasteiger partial charge in [-0.05, 0) is 12.3 Å². The summed E-state index contributed by atoms with van der Waals surface area (Å²) in [7, 11) is 0. The molecule has 0 aromatic heterocycles. The molecule has 0 saturated heterocycles. The lowest BCUT2D eigenvalue weighted by atomic mass is 10.5. The summed E-state index contributed by atoms with van der Waals surface area (Å²) in [6, 6.07) is 0. The molecule has 3 nitrogen and oxygen atoms in total. The SMILES string of the molecule is CCCOCC(=N)[O-].